The lowest BCUT2D eigenvalue weighted by Crippen LogP contribution is -2.34. The summed E-state index contributed by atoms with van der Waals surface area (Å²) in [5.41, 5.74) is 4.14. The quantitative estimate of drug-likeness (QED) is 0.780. The molecule has 2 aromatic carbocycles. The van der Waals surface area contributed by atoms with Crippen molar-refractivity contribution in [1.29, 1.82) is 0 Å². The Morgan fingerprint density at radius 3 is 2.69 bits per heavy atom. The first-order chi connectivity index (χ1) is 12.7. The summed E-state index contributed by atoms with van der Waals surface area (Å²) in [4.78, 5) is 18.7. The van der Waals surface area contributed by atoms with Crippen molar-refractivity contribution >= 4 is 11.7 Å². The van der Waals surface area contributed by atoms with Crippen LogP contribution in [0.1, 0.15) is 30.0 Å². The Labute approximate surface area is 152 Å². The van der Waals surface area contributed by atoms with Crippen LogP contribution in [0.2, 0.25) is 0 Å². The molecule has 2 amide bonds. The van der Waals surface area contributed by atoms with Crippen molar-refractivity contribution in [2.75, 3.05) is 11.9 Å². The number of carbonyl (C=O) groups excluding carboxylic acids is 1. The van der Waals surface area contributed by atoms with Gasteiger partial charge in [-0.05, 0) is 55.2 Å². The zero-order valence-electron chi connectivity index (χ0n) is 14.7. The van der Waals surface area contributed by atoms with Gasteiger partial charge in [-0.3, -0.25) is 0 Å². The number of aromatic nitrogens is 3. The lowest BCUT2D eigenvalue weighted by atomic mass is 9.99. The van der Waals surface area contributed by atoms with E-state index >= 15 is 0 Å². The van der Waals surface area contributed by atoms with Gasteiger partial charge in [-0.25, -0.2) is 14.5 Å². The molecule has 1 aromatic heterocycles. The molecule has 1 saturated heterocycles. The summed E-state index contributed by atoms with van der Waals surface area (Å²) in [5, 5.41) is 7.12. The molecule has 0 radical (unpaired) electrons. The molecule has 1 atom stereocenters. The largest absolute Gasteiger partial charge is 0.322 e. The highest BCUT2D eigenvalue weighted by Gasteiger charge is 2.30. The van der Waals surface area contributed by atoms with Gasteiger partial charge in [-0.15, -0.1) is 0 Å². The third-order valence-corrected chi connectivity index (χ3v) is 4.86. The topological polar surface area (TPSA) is 63.1 Å². The maximum absolute atomic E-state index is 12.8. The average Bonchev–Trinajstić information content (AvgIpc) is 3.35. The second-order valence-electron chi connectivity index (χ2n) is 6.53. The number of amides is 2. The van der Waals surface area contributed by atoms with Crippen LogP contribution in [0.15, 0.2) is 61.2 Å². The van der Waals surface area contributed by atoms with Gasteiger partial charge < -0.3 is 10.2 Å². The second kappa shape index (κ2) is 7.00. The fourth-order valence-electron chi connectivity index (χ4n) is 3.53. The minimum absolute atomic E-state index is 0.0516. The van der Waals surface area contributed by atoms with Crippen LogP contribution in [0.25, 0.3) is 5.69 Å². The highest BCUT2D eigenvalue weighted by molar-refractivity contribution is 5.90. The molecule has 0 unspecified atom stereocenters. The van der Waals surface area contributed by atoms with E-state index < -0.39 is 0 Å². The number of rotatable bonds is 3. The SMILES string of the molecule is Cc1ccccc1[C@H]1CCCN1C(=O)Nc1ccc(-n2cncn2)cc1. The molecule has 6 heteroatoms. The number of benzene rings is 2. The molecule has 1 N–H and O–H groups in total. The monoisotopic (exact) mass is 347 g/mol. The van der Waals surface area contributed by atoms with Crippen LogP contribution >= 0.6 is 0 Å². The van der Waals surface area contributed by atoms with Gasteiger partial charge in [-0.2, -0.15) is 5.10 Å². The van der Waals surface area contributed by atoms with E-state index in [4.69, 9.17) is 0 Å². The Kier molecular flexibility index (Phi) is 4.39. The first-order valence-corrected chi connectivity index (χ1v) is 8.80. The Balaban J connectivity index is 1.48. The molecule has 132 valence electrons. The van der Waals surface area contributed by atoms with Crippen LogP contribution in [-0.2, 0) is 0 Å². The van der Waals surface area contributed by atoms with Crippen LogP contribution in [-0.4, -0.2) is 32.2 Å². The van der Waals surface area contributed by atoms with E-state index in [2.05, 4.69) is 34.5 Å². The van der Waals surface area contributed by atoms with E-state index in [-0.39, 0.29) is 12.1 Å². The molecule has 3 aromatic rings. The van der Waals surface area contributed by atoms with Crippen LogP contribution < -0.4 is 5.32 Å². The number of hydrogen-bond acceptors (Lipinski definition) is 3. The minimum Gasteiger partial charge on any atom is -0.317 e. The molecule has 0 spiro atoms. The van der Waals surface area contributed by atoms with Gasteiger partial charge in [0.15, 0.2) is 0 Å². The van der Waals surface area contributed by atoms with Gasteiger partial charge in [0.25, 0.3) is 0 Å². The van der Waals surface area contributed by atoms with Crippen molar-refractivity contribution in [1.82, 2.24) is 19.7 Å². The fraction of sp³-hybridized carbons (Fsp3) is 0.250. The van der Waals surface area contributed by atoms with E-state index in [1.165, 1.54) is 17.5 Å². The summed E-state index contributed by atoms with van der Waals surface area (Å²) in [5.74, 6) is 0. The van der Waals surface area contributed by atoms with E-state index in [1.807, 2.05) is 41.3 Å². The molecule has 1 fully saturated rings. The molecule has 0 aliphatic carbocycles. The van der Waals surface area contributed by atoms with Crippen molar-refractivity contribution in [2.45, 2.75) is 25.8 Å². The Hall–Kier alpha value is -3.15. The Bertz CT molecular complexity index is 889. The summed E-state index contributed by atoms with van der Waals surface area (Å²) in [6.45, 7) is 2.88. The van der Waals surface area contributed by atoms with Crippen LogP contribution in [0.4, 0.5) is 10.5 Å². The number of hydrogen-bond donors (Lipinski definition) is 1. The van der Waals surface area contributed by atoms with Gasteiger partial charge in [0.1, 0.15) is 12.7 Å². The van der Waals surface area contributed by atoms with Crippen molar-refractivity contribution < 1.29 is 4.79 Å². The molecule has 1 aliphatic rings. The van der Waals surface area contributed by atoms with Crippen LogP contribution in [0.3, 0.4) is 0 Å². The predicted molar refractivity (Wildman–Crippen MR) is 100 cm³/mol. The second-order valence-corrected chi connectivity index (χ2v) is 6.53. The van der Waals surface area contributed by atoms with Gasteiger partial charge in [0, 0.05) is 12.2 Å². The number of anilines is 1. The number of urea groups is 1. The van der Waals surface area contributed by atoms with Gasteiger partial charge in [-0.1, -0.05) is 24.3 Å². The highest BCUT2D eigenvalue weighted by Crippen LogP contribution is 2.34. The Morgan fingerprint density at radius 1 is 1.15 bits per heavy atom. The molecule has 0 saturated carbocycles. The van der Waals surface area contributed by atoms with Crippen molar-refractivity contribution in [3.63, 3.8) is 0 Å². The van der Waals surface area contributed by atoms with Crippen molar-refractivity contribution in [3.8, 4) is 5.69 Å². The third-order valence-electron chi connectivity index (χ3n) is 4.86. The number of aryl methyl sites for hydroxylation is 1. The van der Waals surface area contributed by atoms with Crippen molar-refractivity contribution in [2.24, 2.45) is 0 Å². The molecule has 1 aliphatic heterocycles. The molecule has 4 rings (SSSR count). The van der Waals surface area contributed by atoms with E-state index in [1.54, 1.807) is 11.0 Å². The maximum atomic E-state index is 12.8. The molecule has 2 heterocycles. The normalized spacial score (nSPS) is 16.7. The smallest absolute Gasteiger partial charge is 0.317 e. The highest BCUT2D eigenvalue weighted by atomic mass is 16.2. The molecule has 26 heavy (non-hydrogen) atoms. The molecular weight excluding hydrogens is 326 g/mol. The molecule has 6 nitrogen and oxygen atoms in total. The van der Waals surface area contributed by atoms with Crippen LogP contribution in [0, 0.1) is 6.92 Å². The number of likely N-dealkylation sites (tertiary alicyclic amines) is 1. The number of nitrogens with zero attached hydrogens (tertiary/aromatic N) is 4. The maximum Gasteiger partial charge on any atom is 0.322 e. The van der Waals surface area contributed by atoms with E-state index in [0.29, 0.717) is 0 Å². The summed E-state index contributed by atoms with van der Waals surface area (Å²) in [7, 11) is 0. The Morgan fingerprint density at radius 2 is 1.96 bits per heavy atom. The summed E-state index contributed by atoms with van der Waals surface area (Å²) in [6, 6.07) is 16.0. The lowest BCUT2D eigenvalue weighted by molar-refractivity contribution is 0.207. The minimum atomic E-state index is -0.0516. The van der Waals surface area contributed by atoms with Crippen molar-refractivity contribution in [3.05, 3.63) is 72.3 Å². The molecular formula is C20H21N5O. The number of nitrogens with one attached hydrogen (secondary N) is 1. The standard InChI is InChI=1S/C20H21N5O/c1-15-5-2-3-6-18(15)19-7-4-12-24(19)20(26)23-16-8-10-17(11-9-16)25-14-21-13-22-25/h2-3,5-6,8-11,13-14,19H,4,7,12H2,1H3,(H,23,26)/t19-/m1/s1. The van der Waals surface area contributed by atoms with Gasteiger partial charge >= 0.3 is 6.03 Å². The fourth-order valence-corrected chi connectivity index (χ4v) is 3.53. The molecule has 0 bridgehead atoms. The van der Waals surface area contributed by atoms with E-state index in [9.17, 15) is 4.79 Å². The zero-order chi connectivity index (χ0) is 17.9. The van der Waals surface area contributed by atoms with Gasteiger partial charge in [0.05, 0.1) is 11.7 Å². The van der Waals surface area contributed by atoms with Crippen LogP contribution in [0.5, 0.6) is 0 Å². The lowest BCUT2D eigenvalue weighted by Gasteiger charge is -2.26. The first kappa shape index (κ1) is 16.3. The third kappa shape index (κ3) is 3.18. The summed E-state index contributed by atoms with van der Waals surface area (Å²) < 4.78 is 1.68. The van der Waals surface area contributed by atoms with E-state index in [0.717, 1.165) is 30.8 Å². The predicted octanol–water partition coefficient (Wildman–Crippen LogP) is 3.94. The average molecular weight is 347 g/mol. The first-order valence-electron chi connectivity index (χ1n) is 8.80. The summed E-state index contributed by atoms with van der Waals surface area (Å²) in [6.07, 6.45) is 5.17. The zero-order valence-corrected chi connectivity index (χ0v) is 14.7. The van der Waals surface area contributed by atoms with Gasteiger partial charge in [0.2, 0.25) is 0 Å². The summed E-state index contributed by atoms with van der Waals surface area (Å²) >= 11 is 0. The number of carbonyl (C=O) groups is 1.